The summed E-state index contributed by atoms with van der Waals surface area (Å²) in [6.07, 6.45) is 0. The first kappa shape index (κ1) is 13.4. The van der Waals surface area contributed by atoms with Crippen molar-refractivity contribution in [2.24, 2.45) is 0 Å². The zero-order valence-corrected chi connectivity index (χ0v) is 12.3. The van der Waals surface area contributed by atoms with E-state index in [4.69, 9.17) is 4.74 Å². The topological polar surface area (TPSA) is 9.23 Å². The molecule has 0 fully saturated rings. The molecule has 0 aliphatic heterocycles. The van der Waals surface area contributed by atoms with E-state index in [2.05, 4.69) is 44.2 Å². The van der Waals surface area contributed by atoms with Crippen LogP contribution in [-0.4, -0.2) is 0 Å². The average molecular weight is 274 g/mol. The van der Waals surface area contributed by atoms with Crippen LogP contribution < -0.4 is 4.74 Å². The Labute approximate surface area is 125 Å². The summed E-state index contributed by atoms with van der Waals surface area (Å²) < 4.78 is 5.91. The van der Waals surface area contributed by atoms with E-state index >= 15 is 0 Å². The maximum atomic E-state index is 5.91. The van der Waals surface area contributed by atoms with E-state index in [9.17, 15) is 0 Å². The summed E-state index contributed by atoms with van der Waals surface area (Å²) >= 11 is 0. The quantitative estimate of drug-likeness (QED) is 0.589. The van der Waals surface area contributed by atoms with E-state index in [1.165, 1.54) is 22.3 Å². The highest BCUT2D eigenvalue weighted by Gasteiger charge is 2.05. The average Bonchev–Trinajstić information content (AvgIpc) is 2.51. The van der Waals surface area contributed by atoms with Crippen LogP contribution in [0.3, 0.4) is 0 Å². The number of rotatable bonds is 3. The Hall–Kier alpha value is -2.54. The zero-order chi connectivity index (χ0) is 14.7. The molecule has 1 heteroatoms. The molecular formula is C20H18O. The molecule has 0 bridgehead atoms. The summed E-state index contributed by atoms with van der Waals surface area (Å²) in [7, 11) is 0. The lowest BCUT2D eigenvalue weighted by molar-refractivity contribution is 0.483. The van der Waals surface area contributed by atoms with Gasteiger partial charge >= 0.3 is 0 Å². The van der Waals surface area contributed by atoms with E-state index in [1.807, 2.05) is 42.5 Å². The first-order chi connectivity index (χ1) is 10.2. The van der Waals surface area contributed by atoms with Gasteiger partial charge in [0.25, 0.3) is 0 Å². The fourth-order valence-electron chi connectivity index (χ4n) is 2.42. The van der Waals surface area contributed by atoms with Gasteiger partial charge in [0.2, 0.25) is 0 Å². The third-order valence-electron chi connectivity index (χ3n) is 3.73. The van der Waals surface area contributed by atoms with Crippen molar-refractivity contribution in [3.8, 4) is 22.6 Å². The molecule has 3 rings (SSSR count). The molecule has 0 aromatic heterocycles. The molecule has 0 saturated heterocycles. The monoisotopic (exact) mass is 274 g/mol. The second-order valence-corrected chi connectivity index (χ2v) is 5.19. The highest BCUT2D eigenvalue weighted by molar-refractivity contribution is 5.69. The normalized spacial score (nSPS) is 10.4. The second kappa shape index (κ2) is 5.84. The molecule has 0 aliphatic rings. The molecule has 0 amide bonds. The van der Waals surface area contributed by atoms with Crippen LogP contribution in [0.2, 0.25) is 0 Å². The van der Waals surface area contributed by atoms with Crippen LogP contribution in [0.5, 0.6) is 11.5 Å². The van der Waals surface area contributed by atoms with Crippen LogP contribution in [0.15, 0.2) is 72.8 Å². The van der Waals surface area contributed by atoms with E-state index < -0.39 is 0 Å². The van der Waals surface area contributed by atoms with Gasteiger partial charge in [0, 0.05) is 0 Å². The molecule has 21 heavy (non-hydrogen) atoms. The van der Waals surface area contributed by atoms with E-state index in [1.54, 1.807) is 0 Å². The molecule has 0 unspecified atom stereocenters. The Bertz CT molecular complexity index is 745. The highest BCUT2D eigenvalue weighted by atomic mass is 16.5. The van der Waals surface area contributed by atoms with E-state index in [0.29, 0.717) is 0 Å². The summed E-state index contributed by atoms with van der Waals surface area (Å²) in [5.74, 6) is 1.72. The molecule has 3 aromatic carbocycles. The fraction of sp³-hybridized carbons (Fsp3) is 0.100. The van der Waals surface area contributed by atoms with Gasteiger partial charge in [0.1, 0.15) is 11.5 Å². The van der Waals surface area contributed by atoms with Crippen molar-refractivity contribution in [1.82, 2.24) is 0 Å². The summed E-state index contributed by atoms with van der Waals surface area (Å²) in [5, 5.41) is 0. The molecule has 0 atom stereocenters. The first-order valence-corrected chi connectivity index (χ1v) is 7.13. The van der Waals surface area contributed by atoms with Crippen molar-refractivity contribution >= 4 is 0 Å². The van der Waals surface area contributed by atoms with Gasteiger partial charge in [-0.3, -0.25) is 0 Å². The zero-order valence-electron chi connectivity index (χ0n) is 12.3. The van der Waals surface area contributed by atoms with Crippen molar-refractivity contribution in [1.29, 1.82) is 0 Å². The fourth-order valence-corrected chi connectivity index (χ4v) is 2.42. The second-order valence-electron chi connectivity index (χ2n) is 5.19. The van der Waals surface area contributed by atoms with Gasteiger partial charge < -0.3 is 4.74 Å². The van der Waals surface area contributed by atoms with Gasteiger partial charge in [0.15, 0.2) is 0 Å². The van der Waals surface area contributed by atoms with Crippen LogP contribution >= 0.6 is 0 Å². The van der Waals surface area contributed by atoms with Crippen molar-refractivity contribution in [3.63, 3.8) is 0 Å². The first-order valence-electron chi connectivity index (χ1n) is 7.13. The van der Waals surface area contributed by atoms with Gasteiger partial charge in [-0.2, -0.15) is 0 Å². The summed E-state index contributed by atoms with van der Waals surface area (Å²) in [6, 6.07) is 24.5. The molecule has 0 saturated carbocycles. The number of aryl methyl sites for hydroxylation is 1. The number of benzene rings is 3. The molecule has 1 nitrogen and oxygen atoms in total. The third kappa shape index (κ3) is 2.97. The SMILES string of the molecule is Cc1cccc(-c2cccc(Oc3ccccc3)c2)c1C. The lowest BCUT2D eigenvalue weighted by atomic mass is 9.97. The predicted octanol–water partition coefficient (Wildman–Crippen LogP) is 5.76. The summed E-state index contributed by atoms with van der Waals surface area (Å²) in [5.41, 5.74) is 5.06. The summed E-state index contributed by atoms with van der Waals surface area (Å²) in [6.45, 7) is 4.30. The molecule has 104 valence electrons. The lowest BCUT2D eigenvalue weighted by Gasteiger charge is -2.11. The molecule has 0 radical (unpaired) electrons. The summed E-state index contributed by atoms with van der Waals surface area (Å²) in [4.78, 5) is 0. The molecule has 0 spiro atoms. The highest BCUT2D eigenvalue weighted by Crippen LogP contribution is 2.30. The Morgan fingerprint density at radius 1 is 0.667 bits per heavy atom. The Morgan fingerprint density at radius 3 is 2.19 bits per heavy atom. The van der Waals surface area contributed by atoms with Gasteiger partial charge in [-0.25, -0.2) is 0 Å². The van der Waals surface area contributed by atoms with Crippen LogP contribution in [0.1, 0.15) is 11.1 Å². The minimum atomic E-state index is 0.857. The maximum absolute atomic E-state index is 5.91. The van der Waals surface area contributed by atoms with Crippen LogP contribution in [-0.2, 0) is 0 Å². The van der Waals surface area contributed by atoms with E-state index in [0.717, 1.165) is 11.5 Å². The van der Waals surface area contributed by atoms with Crippen LogP contribution in [0.4, 0.5) is 0 Å². The van der Waals surface area contributed by atoms with E-state index in [-0.39, 0.29) is 0 Å². The van der Waals surface area contributed by atoms with Crippen LogP contribution in [0, 0.1) is 13.8 Å². The predicted molar refractivity (Wildman–Crippen MR) is 87.9 cm³/mol. The van der Waals surface area contributed by atoms with Gasteiger partial charge in [-0.05, 0) is 60.4 Å². The van der Waals surface area contributed by atoms with Crippen molar-refractivity contribution in [2.75, 3.05) is 0 Å². The Kier molecular flexibility index (Phi) is 3.74. The number of para-hydroxylation sites is 1. The van der Waals surface area contributed by atoms with Crippen molar-refractivity contribution in [3.05, 3.63) is 83.9 Å². The molecule has 0 heterocycles. The van der Waals surface area contributed by atoms with Crippen LogP contribution in [0.25, 0.3) is 11.1 Å². The largest absolute Gasteiger partial charge is 0.457 e. The number of ether oxygens (including phenoxy) is 1. The van der Waals surface area contributed by atoms with Crippen molar-refractivity contribution < 1.29 is 4.74 Å². The molecular weight excluding hydrogens is 256 g/mol. The molecule has 3 aromatic rings. The van der Waals surface area contributed by atoms with Gasteiger partial charge in [-0.1, -0.05) is 48.5 Å². The smallest absolute Gasteiger partial charge is 0.128 e. The standard InChI is InChI=1S/C20H18O/c1-15-8-6-13-20(16(15)2)17-9-7-12-19(14-17)21-18-10-4-3-5-11-18/h3-14H,1-2H3. The molecule has 0 N–H and O–H groups in total. The van der Waals surface area contributed by atoms with Gasteiger partial charge in [0.05, 0.1) is 0 Å². The Morgan fingerprint density at radius 2 is 1.38 bits per heavy atom. The lowest BCUT2D eigenvalue weighted by Crippen LogP contribution is -1.88. The Balaban J connectivity index is 1.95. The minimum Gasteiger partial charge on any atom is -0.457 e. The maximum Gasteiger partial charge on any atom is 0.128 e. The number of hydrogen-bond donors (Lipinski definition) is 0. The molecule has 0 aliphatic carbocycles. The van der Waals surface area contributed by atoms with Gasteiger partial charge in [-0.15, -0.1) is 0 Å². The van der Waals surface area contributed by atoms with Crippen molar-refractivity contribution in [2.45, 2.75) is 13.8 Å². The number of hydrogen-bond acceptors (Lipinski definition) is 1. The minimum absolute atomic E-state index is 0.857. The third-order valence-corrected chi connectivity index (χ3v) is 3.73.